The molecule has 188 valence electrons. The van der Waals surface area contributed by atoms with Crippen molar-refractivity contribution in [1.82, 2.24) is 10.6 Å². The molecule has 8 heteroatoms. The van der Waals surface area contributed by atoms with E-state index in [1.165, 1.54) is 6.07 Å². The van der Waals surface area contributed by atoms with E-state index in [0.29, 0.717) is 11.8 Å². The first kappa shape index (κ1) is 23.0. The second-order valence-corrected chi connectivity index (χ2v) is 11.4. The van der Waals surface area contributed by atoms with Crippen molar-refractivity contribution in [2.45, 2.75) is 75.3 Å². The van der Waals surface area contributed by atoms with Crippen LogP contribution in [0.2, 0.25) is 0 Å². The first-order valence-electron chi connectivity index (χ1n) is 12.9. The molecule has 0 unspecified atom stereocenters. The summed E-state index contributed by atoms with van der Waals surface area (Å²) in [5, 5.41) is 26.9. The Morgan fingerprint density at radius 2 is 1.06 bits per heavy atom. The minimum absolute atomic E-state index is 0.0424. The maximum atomic E-state index is 13.9. The molecule has 2 amide bonds. The van der Waals surface area contributed by atoms with Gasteiger partial charge in [-0.05, 0) is 86.8 Å². The highest BCUT2D eigenvalue weighted by Gasteiger charge is 2.48. The van der Waals surface area contributed by atoms with Gasteiger partial charge in [0.2, 0.25) is 0 Å². The lowest BCUT2D eigenvalue weighted by Gasteiger charge is -2.31. The van der Waals surface area contributed by atoms with Gasteiger partial charge in [0, 0.05) is 11.1 Å². The number of carbonyl (C=O) groups excluding carboxylic acids is 2. The van der Waals surface area contributed by atoms with Crippen molar-refractivity contribution in [3.05, 3.63) is 46.5 Å². The van der Waals surface area contributed by atoms with Crippen LogP contribution >= 0.6 is 0 Å². The number of carbonyl (C=O) groups is 4. The van der Waals surface area contributed by atoms with E-state index in [9.17, 15) is 29.4 Å². The molecule has 2 aromatic rings. The summed E-state index contributed by atoms with van der Waals surface area (Å²) in [5.74, 6) is -3.06. The monoisotopic (exact) mass is 490 g/mol. The second-order valence-electron chi connectivity index (χ2n) is 11.4. The zero-order chi connectivity index (χ0) is 25.2. The molecule has 4 bridgehead atoms. The second kappa shape index (κ2) is 8.05. The Balaban J connectivity index is 1.55. The van der Waals surface area contributed by atoms with Crippen LogP contribution in [0.3, 0.4) is 0 Å². The first-order valence-corrected chi connectivity index (χ1v) is 12.9. The van der Waals surface area contributed by atoms with Gasteiger partial charge in [-0.25, -0.2) is 9.59 Å². The van der Waals surface area contributed by atoms with Crippen LogP contribution in [0.1, 0.15) is 106 Å². The van der Waals surface area contributed by atoms with Crippen molar-refractivity contribution in [2.24, 2.45) is 11.8 Å². The zero-order valence-corrected chi connectivity index (χ0v) is 20.1. The molecule has 4 fully saturated rings. The Bertz CT molecular complexity index is 1320. The van der Waals surface area contributed by atoms with Gasteiger partial charge in [-0.3, -0.25) is 9.59 Å². The van der Waals surface area contributed by atoms with Gasteiger partial charge in [-0.15, -0.1) is 0 Å². The highest BCUT2D eigenvalue weighted by molar-refractivity contribution is 6.25. The summed E-state index contributed by atoms with van der Waals surface area (Å²) >= 11 is 0. The maximum Gasteiger partial charge on any atom is 0.337 e. The fraction of sp³-hybridized carbons (Fsp3) is 0.500. The SMILES string of the molecule is O=C(O)c1c(C(=O)NC23CCC(CC2)C3)c(C(=O)NC23CCC(CC2)C3)c2ccccc2c1C(=O)O. The van der Waals surface area contributed by atoms with Crippen LogP contribution in [-0.2, 0) is 0 Å². The van der Waals surface area contributed by atoms with Crippen LogP contribution in [0, 0.1) is 11.8 Å². The Morgan fingerprint density at radius 3 is 1.44 bits per heavy atom. The summed E-state index contributed by atoms with van der Waals surface area (Å²) < 4.78 is 0. The predicted octanol–water partition coefficient (Wildman–Crippen LogP) is 4.36. The van der Waals surface area contributed by atoms with E-state index in [0.717, 1.165) is 64.2 Å². The Hall–Kier alpha value is -3.42. The molecule has 0 saturated heterocycles. The predicted molar refractivity (Wildman–Crippen MR) is 131 cm³/mol. The van der Waals surface area contributed by atoms with Crippen LogP contribution in [0.25, 0.3) is 10.8 Å². The fourth-order valence-electron chi connectivity index (χ4n) is 7.68. The quantitative estimate of drug-likeness (QED) is 0.476. The van der Waals surface area contributed by atoms with Gasteiger partial charge in [-0.1, -0.05) is 24.3 Å². The lowest BCUT2D eigenvalue weighted by atomic mass is 9.86. The molecule has 4 aliphatic rings. The number of amides is 2. The Labute approximate surface area is 208 Å². The number of aromatic carboxylic acids is 2. The van der Waals surface area contributed by atoms with E-state index in [2.05, 4.69) is 10.6 Å². The van der Waals surface area contributed by atoms with Crippen molar-refractivity contribution in [2.75, 3.05) is 0 Å². The molecule has 0 aliphatic heterocycles. The van der Waals surface area contributed by atoms with Crippen molar-refractivity contribution in [3.63, 3.8) is 0 Å². The highest BCUT2D eigenvalue weighted by atomic mass is 16.4. The minimum atomic E-state index is -1.54. The van der Waals surface area contributed by atoms with Gasteiger partial charge in [0.25, 0.3) is 11.8 Å². The number of hydrogen-bond acceptors (Lipinski definition) is 4. The molecule has 2 aromatic carbocycles. The van der Waals surface area contributed by atoms with Crippen LogP contribution in [0.15, 0.2) is 24.3 Å². The van der Waals surface area contributed by atoms with Gasteiger partial charge in [0.05, 0.1) is 22.3 Å². The molecule has 0 heterocycles. The molecule has 4 aliphatic carbocycles. The van der Waals surface area contributed by atoms with Crippen molar-refractivity contribution in [1.29, 1.82) is 0 Å². The smallest absolute Gasteiger partial charge is 0.337 e. The molecule has 0 radical (unpaired) electrons. The number of benzene rings is 2. The van der Waals surface area contributed by atoms with Gasteiger partial charge >= 0.3 is 11.9 Å². The first-order chi connectivity index (χ1) is 17.2. The molecule has 4 N–H and O–H groups in total. The number of fused-ring (bicyclic) bond motifs is 5. The van der Waals surface area contributed by atoms with E-state index in [1.807, 2.05) is 0 Å². The molecular weight excluding hydrogens is 460 g/mol. The number of carboxylic acid groups (broad SMARTS) is 2. The third-order valence-electron chi connectivity index (χ3n) is 9.34. The largest absolute Gasteiger partial charge is 0.478 e. The summed E-state index contributed by atoms with van der Waals surface area (Å²) in [6.45, 7) is 0. The minimum Gasteiger partial charge on any atom is -0.478 e. The van der Waals surface area contributed by atoms with E-state index >= 15 is 0 Å². The standard InChI is InChI=1S/C28H30N2O6/c31-23(29-27-9-5-15(13-27)6-10-27)19-17-3-1-2-4-18(17)20(25(33)34)22(26(35)36)21(19)24(32)30-28-11-7-16(14-28)8-12-28/h1-4,15-16H,5-14H2,(H,29,31)(H,30,32)(H,33,34)(H,35,36). The third kappa shape index (κ3) is 3.49. The number of carboxylic acids is 2. The van der Waals surface area contributed by atoms with Crippen LogP contribution in [-0.4, -0.2) is 45.0 Å². The molecule has 0 spiro atoms. The molecular formula is C28H30N2O6. The maximum absolute atomic E-state index is 13.9. The molecule has 4 saturated carbocycles. The topological polar surface area (TPSA) is 133 Å². The van der Waals surface area contributed by atoms with E-state index in [4.69, 9.17) is 0 Å². The van der Waals surface area contributed by atoms with E-state index in [1.54, 1.807) is 18.2 Å². The fourth-order valence-corrected chi connectivity index (χ4v) is 7.68. The van der Waals surface area contributed by atoms with E-state index < -0.39 is 40.4 Å². The van der Waals surface area contributed by atoms with Crippen molar-refractivity contribution < 1.29 is 29.4 Å². The lowest BCUT2D eigenvalue weighted by molar-refractivity contribution is 0.0649. The highest BCUT2D eigenvalue weighted by Crippen LogP contribution is 2.49. The number of hydrogen-bond donors (Lipinski definition) is 4. The zero-order valence-electron chi connectivity index (χ0n) is 20.1. The molecule has 0 aromatic heterocycles. The Kier molecular flexibility index (Phi) is 5.14. The van der Waals surface area contributed by atoms with Crippen LogP contribution in [0.5, 0.6) is 0 Å². The Morgan fingerprint density at radius 1 is 0.639 bits per heavy atom. The average molecular weight is 491 g/mol. The normalized spacial score (nSPS) is 30.0. The summed E-state index contributed by atoms with van der Waals surface area (Å²) in [6, 6.07) is 6.38. The van der Waals surface area contributed by atoms with Crippen LogP contribution in [0.4, 0.5) is 0 Å². The third-order valence-corrected chi connectivity index (χ3v) is 9.34. The van der Waals surface area contributed by atoms with Gasteiger partial charge in [0.15, 0.2) is 0 Å². The molecule has 0 atom stereocenters. The summed E-state index contributed by atoms with van der Waals surface area (Å²) in [7, 11) is 0. The van der Waals surface area contributed by atoms with Crippen molar-refractivity contribution in [3.8, 4) is 0 Å². The number of nitrogens with one attached hydrogen (secondary N) is 2. The summed E-state index contributed by atoms with van der Waals surface area (Å²) in [5.41, 5.74) is -2.25. The average Bonchev–Trinajstić information content (AvgIpc) is 3.63. The van der Waals surface area contributed by atoms with Gasteiger partial charge < -0.3 is 20.8 Å². The van der Waals surface area contributed by atoms with Crippen molar-refractivity contribution >= 4 is 34.5 Å². The van der Waals surface area contributed by atoms with Gasteiger partial charge in [-0.2, -0.15) is 0 Å². The molecule has 6 rings (SSSR count). The molecule has 36 heavy (non-hydrogen) atoms. The number of rotatable bonds is 6. The van der Waals surface area contributed by atoms with Crippen LogP contribution < -0.4 is 10.6 Å². The van der Waals surface area contributed by atoms with Gasteiger partial charge in [0.1, 0.15) is 0 Å². The van der Waals surface area contributed by atoms with E-state index in [-0.39, 0.29) is 27.4 Å². The lowest BCUT2D eigenvalue weighted by Crippen LogP contribution is -2.48. The summed E-state index contributed by atoms with van der Waals surface area (Å²) in [6.07, 6.45) is 9.09. The summed E-state index contributed by atoms with van der Waals surface area (Å²) in [4.78, 5) is 52.8. The molecule has 8 nitrogen and oxygen atoms in total.